The molecule has 108 valence electrons. The molecule has 0 bridgehead atoms. The van der Waals surface area contributed by atoms with Crippen molar-refractivity contribution in [3.05, 3.63) is 22.7 Å². The molecule has 1 aromatic carbocycles. The third kappa shape index (κ3) is 5.10. The summed E-state index contributed by atoms with van der Waals surface area (Å²) < 4.78 is 32.5. The minimum absolute atomic E-state index is 0.218. The number of ether oxygens (including phenoxy) is 1. The van der Waals surface area contributed by atoms with Crippen molar-refractivity contribution in [2.24, 2.45) is 5.73 Å². The first-order chi connectivity index (χ1) is 9.01. The number of sulfonamides is 1. The molecule has 0 aliphatic heterocycles. The highest BCUT2D eigenvalue weighted by atomic mass is 79.9. The molecular formula is C12H19BrN2O3S. The van der Waals surface area contributed by atoms with Crippen molar-refractivity contribution in [1.82, 2.24) is 4.72 Å². The van der Waals surface area contributed by atoms with E-state index < -0.39 is 10.0 Å². The molecule has 1 aromatic rings. The second kappa shape index (κ2) is 7.84. The summed E-state index contributed by atoms with van der Waals surface area (Å²) in [5.41, 5.74) is 5.36. The Morgan fingerprint density at radius 1 is 1.37 bits per heavy atom. The normalized spacial score (nSPS) is 11.5. The average molecular weight is 351 g/mol. The molecule has 0 saturated heterocycles. The highest BCUT2D eigenvalue weighted by Crippen LogP contribution is 2.27. The van der Waals surface area contributed by atoms with E-state index in [0.717, 1.165) is 12.8 Å². The first kappa shape index (κ1) is 16.4. The lowest BCUT2D eigenvalue weighted by atomic mass is 10.3. The van der Waals surface area contributed by atoms with E-state index in [1.807, 2.05) is 6.92 Å². The Bertz CT molecular complexity index is 506. The number of benzene rings is 1. The Balaban J connectivity index is 2.75. The second-order valence-corrected chi connectivity index (χ2v) is 6.54. The van der Waals surface area contributed by atoms with E-state index in [2.05, 4.69) is 20.7 Å². The molecule has 7 heteroatoms. The molecular weight excluding hydrogens is 332 g/mol. The minimum Gasteiger partial charge on any atom is -0.493 e. The maximum absolute atomic E-state index is 12.0. The summed E-state index contributed by atoms with van der Waals surface area (Å²) in [5, 5.41) is 0. The number of hydrogen-bond donors (Lipinski definition) is 2. The first-order valence-electron chi connectivity index (χ1n) is 6.13. The Kier molecular flexibility index (Phi) is 6.78. The molecule has 0 unspecified atom stereocenters. The molecule has 0 aliphatic rings. The molecule has 0 heterocycles. The van der Waals surface area contributed by atoms with Gasteiger partial charge in [-0.1, -0.05) is 0 Å². The molecule has 0 aromatic heterocycles. The molecule has 5 nitrogen and oxygen atoms in total. The van der Waals surface area contributed by atoms with Crippen molar-refractivity contribution in [2.45, 2.75) is 24.7 Å². The smallest absolute Gasteiger partial charge is 0.240 e. The third-order valence-electron chi connectivity index (χ3n) is 2.44. The Morgan fingerprint density at radius 3 is 2.68 bits per heavy atom. The van der Waals surface area contributed by atoms with Gasteiger partial charge >= 0.3 is 0 Å². The van der Waals surface area contributed by atoms with E-state index >= 15 is 0 Å². The maximum atomic E-state index is 12.0. The molecule has 0 amide bonds. The van der Waals surface area contributed by atoms with Gasteiger partial charge in [-0.2, -0.15) is 0 Å². The zero-order valence-electron chi connectivity index (χ0n) is 10.9. The lowest BCUT2D eigenvalue weighted by Gasteiger charge is -2.09. The predicted octanol–water partition coefficient (Wildman–Crippen LogP) is 1.86. The monoisotopic (exact) mass is 350 g/mol. The zero-order valence-corrected chi connectivity index (χ0v) is 13.3. The van der Waals surface area contributed by atoms with Gasteiger partial charge in [0.2, 0.25) is 10.0 Å². The minimum atomic E-state index is -3.47. The van der Waals surface area contributed by atoms with Gasteiger partial charge in [0.1, 0.15) is 5.75 Å². The van der Waals surface area contributed by atoms with Crippen molar-refractivity contribution in [1.29, 1.82) is 0 Å². The second-order valence-electron chi connectivity index (χ2n) is 3.92. The van der Waals surface area contributed by atoms with Crippen LogP contribution in [0.25, 0.3) is 0 Å². The number of halogens is 1. The predicted molar refractivity (Wildman–Crippen MR) is 78.8 cm³/mol. The Labute approximate surface area is 122 Å². The number of nitrogens with one attached hydrogen (secondary N) is 1. The molecule has 1 rings (SSSR count). The molecule has 0 atom stereocenters. The van der Waals surface area contributed by atoms with Gasteiger partial charge in [-0.3, -0.25) is 0 Å². The van der Waals surface area contributed by atoms with Crippen LogP contribution in [0.4, 0.5) is 0 Å². The Morgan fingerprint density at radius 2 is 2.11 bits per heavy atom. The number of nitrogens with two attached hydrogens (primary N) is 1. The molecule has 0 spiro atoms. The van der Waals surface area contributed by atoms with Crippen LogP contribution in [-0.4, -0.2) is 28.1 Å². The Hall–Kier alpha value is -0.630. The van der Waals surface area contributed by atoms with Crippen LogP contribution in [0.15, 0.2) is 27.6 Å². The maximum Gasteiger partial charge on any atom is 0.240 e. The number of unbranched alkanes of at least 4 members (excludes halogenated alkanes) is 1. The highest BCUT2D eigenvalue weighted by Gasteiger charge is 2.15. The lowest BCUT2D eigenvalue weighted by Crippen LogP contribution is -2.25. The van der Waals surface area contributed by atoms with Crippen LogP contribution in [0.5, 0.6) is 5.75 Å². The van der Waals surface area contributed by atoms with Crippen LogP contribution < -0.4 is 15.2 Å². The van der Waals surface area contributed by atoms with Crippen LogP contribution in [0.1, 0.15) is 19.8 Å². The van der Waals surface area contributed by atoms with Crippen molar-refractivity contribution < 1.29 is 13.2 Å². The van der Waals surface area contributed by atoms with Crippen molar-refractivity contribution in [3.63, 3.8) is 0 Å². The largest absolute Gasteiger partial charge is 0.493 e. The fourth-order valence-corrected chi connectivity index (χ4v) is 3.23. The molecule has 0 radical (unpaired) electrons. The van der Waals surface area contributed by atoms with Crippen LogP contribution in [0.2, 0.25) is 0 Å². The molecule has 0 fully saturated rings. The van der Waals surface area contributed by atoms with Gasteiger partial charge in [0.25, 0.3) is 0 Å². The molecule has 19 heavy (non-hydrogen) atoms. The standard InChI is InChI=1S/C12H19BrN2O3S/c1-2-18-12-6-5-10(9-11(12)13)19(16,17)15-8-4-3-7-14/h5-6,9,15H,2-4,7-8,14H2,1H3. The van der Waals surface area contributed by atoms with E-state index in [0.29, 0.717) is 29.9 Å². The van der Waals surface area contributed by atoms with Crippen LogP contribution in [-0.2, 0) is 10.0 Å². The van der Waals surface area contributed by atoms with Gasteiger partial charge in [-0.15, -0.1) is 0 Å². The summed E-state index contributed by atoms with van der Waals surface area (Å²) in [6.07, 6.45) is 1.53. The number of hydrogen-bond acceptors (Lipinski definition) is 4. The van der Waals surface area contributed by atoms with E-state index in [1.165, 1.54) is 12.1 Å². The molecule has 0 aliphatic carbocycles. The van der Waals surface area contributed by atoms with E-state index in [9.17, 15) is 8.42 Å². The fraction of sp³-hybridized carbons (Fsp3) is 0.500. The van der Waals surface area contributed by atoms with Crippen molar-refractivity contribution in [2.75, 3.05) is 19.7 Å². The average Bonchev–Trinajstić information content (AvgIpc) is 2.37. The summed E-state index contributed by atoms with van der Waals surface area (Å²) in [6, 6.07) is 4.71. The van der Waals surface area contributed by atoms with Crippen molar-refractivity contribution in [3.8, 4) is 5.75 Å². The first-order valence-corrected chi connectivity index (χ1v) is 8.41. The van der Waals surface area contributed by atoms with Gasteiger partial charge < -0.3 is 10.5 Å². The third-order valence-corrected chi connectivity index (χ3v) is 4.51. The van der Waals surface area contributed by atoms with Crippen LogP contribution in [0.3, 0.4) is 0 Å². The zero-order chi connectivity index (χ0) is 14.3. The summed E-state index contributed by atoms with van der Waals surface area (Å²) >= 11 is 3.30. The van der Waals surface area contributed by atoms with Crippen LogP contribution in [0, 0.1) is 0 Å². The summed E-state index contributed by atoms with van der Waals surface area (Å²) in [7, 11) is -3.47. The topological polar surface area (TPSA) is 81.4 Å². The van der Waals surface area contributed by atoms with Gasteiger partial charge in [-0.25, -0.2) is 13.1 Å². The van der Waals surface area contributed by atoms with Crippen LogP contribution >= 0.6 is 15.9 Å². The lowest BCUT2D eigenvalue weighted by molar-refractivity contribution is 0.338. The number of rotatable bonds is 8. The summed E-state index contributed by atoms with van der Waals surface area (Å²) in [6.45, 7) is 3.36. The van der Waals surface area contributed by atoms with E-state index in [4.69, 9.17) is 10.5 Å². The quantitative estimate of drug-likeness (QED) is 0.701. The van der Waals surface area contributed by atoms with Gasteiger partial charge in [0, 0.05) is 6.54 Å². The van der Waals surface area contributed by atoms with E-state index in [-0.39, 0.29) is 4.90 Å². The van der Waals surface area contributed by atoms with Gasteiger partial charge in [0.05, 0.1) is 16.0 Å². The molecule has 3 N–H and O–H groups in total. The van der Waals surface area contributed by atoms with E-state index in [1.54, 1.807) is 6.07 Å². The van der Waals surface area contributed by atoms with Gasteiger partial charge in [0.15, 0.2) is 0 Å². The van der Waals surface area contributed by atoms with Crippen molar-refractivity contribution >= 4 is 26.0 Å². The molecule has 0 saturated carbocycles. The highest BCUT2D eigenvalue weighted by molar-refractivity contribution is 9.10. The fourth-order valence-electron chi connectivity index (χ4n) is 1.48. The van der Waals surface area contributed by atoms with Gasteiger partial charge in [-0.05, 0) is 60.4 Å². The summed E-state index contributed by atoms with van der Waals surface area (Å²) in [4.78, 5) is 0.218. The summed E-state index contributed by atoms with van der Waals surface area (Å²) in [5.74, 6) is 0.629. The SMILES string of the molecule is CCOc1ccc(S(=O)(=O)NCCCCN)cc1Br.